The fourth-order valence-electron chi connectivity index (χ4n) is 6.64. The summed E-state index contributed by atoms with van der Waals surface area (Å²) in [7, 11) is 1.94. The predicted octanol–water partition coefficient (Wildman–Crippen LogP) is 2.59. The highest BCUT2D eigenvalue weighted by molar-refractivity contribution is 5.97. The lowest BCUT2D eigenvalue weighted by molar-refractivity contribution is 0.0363. The molecule has 3 aliphatic heterocycles. The highest BCUT2D eigenvalue weighted by atomic mass is 19.1. The van der Waals surface area contributed by atoms with Crippen LogP contribution in [0.3, 0.4) is 0 Å². The van der Waals surface area contributed by atoms with E-state index in [-0.39, 0.29) is 41.5 Å². The van der Waals surface area contributed by atoms with E-state index in [2.05, 4.69) is 30.1 Å². The number of likely N-dealkylation sites (N-methyl/N-ethyl adjacent to an activating group) is 1. The molecule has 7 rings (SSSR count). The van der Waals surface area contributed by atoms with Crippen LogP contribution in [-0.4, -0.2) is 87.5 Å². The quantitative estimate of drug-likeness (QED) is 0.325. The van der Waals surface area contributed by atoms with E-state index in [1.165, 1.54) is 24.4 Å². The number of aromatic amines is 1. The number of aliphatic hydroxyl groups excluding tert-OH is 1. The Labute approximate surface area is 234 Å². The van der Waals surface area contributed by atoms with Crippen LogP contribution in [0.4, 0.5) is 14.6 Å². The molecule has 2 unspecified atom stereocenters. The summed E-state index contributed by atoms with van der Waals surface area (Å²) in [5, 5.41) is 14.6. The highest BCUT2D eigenvalue weighted by Crippen LogP contribution is 2.36. The molecule has 10 nitrogen and oxygen atoms in total. The lowest BCUT2D eigenvalue weighted by Crippen LogP contribution is -2.51. The Morgan fingerprint density at radius 2 is 2.00 bits per heavy atom. The minimum absolute atomic E-state index is 0.0138. The largest absolute Gasteiger partial charge is 0.461 e. The minimum atomic E-state index is -0.810. The van der Waals surface area contributed by atoms with Gasteiger partial charge in [0.05, 0.1) is 23.2 Å². The summed E-state index contributed by atoms with van der Waals surface area (Å²) >= 11 is 0. The van der Waals surface area contributed by atoms with E-state index in [4.69, 9.17) is 9.72 Å². The number of likely N-dealkylation sites (tertiary alicyclic amines) is 1. The van der Waals surface area contributed by atoms with Gasteiger partial charge in [-0.15, -0.1) is 0 Å². The molecule has 3 atom stereocenters. The average Bonchev–Trinajstić information content (AvgIpc) is 3.51. The first kappa shape index (κ1) is 26.2. The number of hydrogen-bond acceptors (Lipinski definition) is 9. The number of hydrogen-bond donors (Lipinski definition) is 3. The maximum absolute atomic E-state index is 16.5. The highest BCUT2D eigenvalue weighted by Gasteiger charge is 2.40. The standard InChI is InChI=1S/C29H31F2N7O3/c1-37-9-3-8-29(37,14-39)15-41-28-35-24-19(27(36-28)38-12-17-6-7-18(13-38)33-17)11-32-26(23(24)31)25-22-16(10-21(40)34-25)4-2-5-20(22)30/h2,4-5,10-11,17-18,33,39H,3,6-9,12-15H2,1H3,(H,34,40)/t17?,18?,29-/m1/s1. The van der Waals surface area contributed by atoms with Gasteiger partial charge in [0.15, 0.2) is 5.82 Å². The first-order valence-electron chi connectivity index (χ1n) is 14.0. The number of H-pyrrole nitrogens is 1. The van der Waals surface area contributed by atoms with Crippen molar-refractivity contribution >= 4 is 27.5 Å². The van der Waals surface area contributed by atoms with E-state index in [0.717, 1.165) is 32.2 Å². The Hall–Kier alpha value is -3.74. The summed E-state index contributed by atoms with van der Waals surface area (Å²) in [6.07, 6.45) is 5.27. The molecule has 0 saturated carbocycles. The number of ether oxygens (including phenoxy) is 1. The van der Waals surface area contributed by atoms with E-state index in [1.807, 2.05) is 7.05 Å². The molecule has 4 aromatic rings. The molecule has 3 N–H and O–H groups in total. The van der Waals surface area contributed by atoms with Crippen LogP contribution >= 0.6 is 0 Å². The Kier molecular flexibility index (Phi) is 6.36. The van der Waals surface area contributed by atoms with E-state index in [0.29, 0.717) is 41.8 Å². The normalized spacial score (nSPS) is 24.5. The molecule has 6 heterocycles. The van der Waals surface area contributed by atoms with Gasteiger partial charge in [-0.1, -0.05) is 12.1 Å². The van der Waals surface area contributed by atoms with Crippen molar-refractivity contribution in [2.45, 2.75) is 43.3 Å². The van der Waals surface area contributed by atoms with E-state index in [1.54, 1.807) is 6.07 Å². The molecule has 12 heteroatoms. The first-order chi connectivity index (χ1) is 19.8. The van der Waals surface area contributed by atoms with Crippen LogP contribution in [0.2, 0.25) is 0 Å². The van der Waals surface area contributed by atoms with Gasteiger partial charge in [-0.25, -0.2) is 8.78 Å². The van der Waals surface area contributed by atoms with Gasteiger partial charge in [0.25, 0.3) is 0 Å². The topological polar surface area (TPSA) is 119 Å². The van der Waals surface area contributed by atoms with Crippen molar-refractivity contribution in [3.63, 3.8) is 0 Å². The van der Waals surface area contributed by atoms with Crippen molar-refractivity contribution in [1.29, 1.82) is 0 Å². The monoisotopic (exact) mass is 563 g/mol. The molecule has 3 fully saturated rings. The molecule has 2 bridgehead atoms. The Morgan fingerprint density at radius 3 is 2.73 bits per heavy atom. The molecular weight excluding hydrogens is 532 g/mol. The Bertz CT molecular complexity index is 1700. The second-order valence-corrected chi connectivity index (χ2v) is 11.5. The summed E-state index contributed by atoms with van der Waals surface area (Å²) in [6, 6.07) is 6.20. The van der Waals surface area contributed by atoms with Crippen molar-refractivity contribution in [1.82, 2.24) is 30.2 Å². The molecule has 0 amide bonds. The maximum atomic E-state index is 16.5. The summed E-state index contributed by atoms with van der Waals surface area (Å²) in [5.74, 6) is -0.902. The van der Waals surface area contributed by atoms with Crippen LogP contribution < -0.4 is 20.5 Å². The number of rotatable bonds is 6. The number of nitrogens with one attached hydrogen (secondary N) is 2. The molecule has 0 aliphatic carbocycles. The molecule has 3 saturated heterocycles. The van der Waals surface area contributed by atoms with Crippen LogP contribution in [-0.2, 0) is 0 Å². The molecule has 0 radical (unpaired) electrons. The molecule has 0 spiro atoms. The van der Waals surface area contributed by atoms with Gasteiger partial charge in [0, 0.05) is 42.8 Å². The third-order valence-corrected chi connectivity index (χ3v) is 8.94. The van der Waals surface area contributed by atoms with Crippen LogP contribution in [0.5, 0.6) is 6.01 Å². The van der Waals surface area contributed by atoms with Crippen LogP contribution in [0.1, 0.15) is 25.7 Å². The number of fused-ring (bicyclic) bond motifs is 4. The fraction of sp³-hybridized carbons (Fsp3) is 0.448. The van der Waals surface area contributed by atoms with Gasteiger partial charge in [-0.2, -0.15) is 9.97 Å². The second-order valence-electron chi connectivity index (χ2n) is 11.5. The third-order valence-electron chi connectivity index (χ3n) is 8.94. The smallest absolute Gasteiger partial charge is 0.319 e. The number of halogens is 2. The zero-order valence-corrected chi connectivity index (χ0v) is 22.7. The third kappa shape index (κ3) is 4.41. The molecule has 1 aromatic carbocycles. The maximum Gasteiger partial charge on any atom is 0.319 e. The van der Waals surface area contributed by atoms with E-state index >= 15 is 4.39 Å². The van der Waals surface area contributed by atoms with Gasteiger partial charge in [-0.05, 0) is 50.7 Å². The van der Waals surface area contributed by atoms with E-state index in [9.17, 15) is 14.3 Å². The summed E-state index contributed by atoms with van der Waals surface area (Å²) < 4.78 is 37.5. The fourth-order valence-corrected chi connectivity index (χ4v) is 6.64. The molecule has 3 aromatic heterocycles. The number of benzene rings is 1. The SMILES string of the molecule is CN1CCC[C@@]1(CO)COc1nc(N2CC3CCC(C2)N3)c2cnc(-c3[nH]c(=O)cc4cccc(F)c34)c(F)c2n1. The molecule has 3 aliphatic rings. The van der Waals surface area contributed by atoms with Gasteiger partial charge in [0.2, 0.25) is 5.56 Å². The lowest BCUT2D eigenvalue weighted by atomic mass is 9.99. The summed E-state index contributed by atoms with van der Waals surface area (Å²) in [4.78, 5) is 32.8. The van der Waals surface area contributed by atoms with Crippen LogP contribution in [0.15, 0.2) is 35.3 Å². The van der Waals surface area contributed by atoms with Gasteiger partial charge in [0.1, 0.15) is 29.5 Å². The van der Waals surface area contributed by atoms with Crippen molar-refractivity contribution in [2.75, 3.05) is 44.8 Å². The van der Waals surface area contributed by atoms with Crippen LogP contribution in [0.25, 0.3) is 33.1 Å². The molecule has 41 heavy (non-hydrogen) atoms. The zero-order chi connectivity index (χ0) is 28.3. The zero-order valence-electron chi connectivity index (χ0n) is 22.7. The number of aliphatic hydroxyl groups is 1. The summed E-state index contributed by atoms with van der Waals surface area (Å²) in [6.45, 7) is 2.26. The number of aromatic nitrogens is 4. The Morgan fingerprint density at radius 1 is 1.20 bits per heavy atom. The van der Waals surface area contributed by atoms with Crippen molar-refractivity contribution in [3.05, 3.63) is 52.5 Å². The Balaban J connectivity index is 1.38. The second kappa shape index (κ2) is 9.97. The van der Waals surface area contributed by atoms with Crippen molar-refractivity contribution in [2.24, 2.45) is 0 Å². The van der Waals surface area contributed by atoms with Gasteiger partial charge in [-0.3, -0.25) is 14.7 Å². The van der Waals surface area contributed by atoms with Gasteiger partial charge < -0.3 is 25.0 Å². The number of nitrogens with zero attached hydrogens (tertiary/aromatic N) is 5. The number of pyridine rings is 2. The summed E-state index contributed by atoms with van der Waals surface area (Å²) in [5.41, 5.74) is -1.39. The molecule has 214 valence electrons. The van der Waals surface area contributed by atoms with Gasteiger partial charge >= 0.3 is 6.01 Å². The first-order valence-corrected chi connectivity index (χ1v) is 14.0. The average molecular weight is 564 g/mol. The number of piperazine rings is 1. The predicted molar refractivity (Wildman–Crippen MR) is 150 cm³/mol. The van der Waals surface area contributed by atoms with E-state index < -0.39 is 22.7 Å². The van der Waals surface area contributed by atoms with Crippen molar-refractivity contribution < 1.29 is 18.6 Å². The minimum Gasteiger partial charge on any atom is -0.461 e. The molecular formula is C29H31F2N7O3. The number of anilines is 1. The van der Waals surface area contributed by atoms with Crippen molar-refractivity contribution in [3.8, 4) is 17.4 Å². The lowest BCUT2D eigenvalue weighted by Gasteiger charge is -2.35. The van der Waals surface area contributed by atoms with Crippen LogP contribution in [0, 0.1) is 11.6 Å².